The van der Waals surface area contributed by atoms with Gasteiger partial charge in [-0.3, -0.25) is 0 Å². The maximum atomic E-state index is 5.12. The average molecular weight is 577 g/mol. The first-order valence-corrected chi connectivity index (χ1v) is 15.3. The van der Waals surface area contributed by atoms with E-state index in [1.807, 2.05) is 24.3 Å². The van der Waals surface area contributed by atoms with Gasteiger partial charge in [-0.2, -0.15) is 0 Å². The number of benzene rings is 7. The third-order valence-electron chi connectivity index (χ3n) is 8.83. The maximum absolute atomic E-state index is 5.12. The molecule has 1 N–H and O–H groups in total. The lowest BCUT2D eigenvalue weighted by molar-refractivity contribution is 0.674. The van der Waals surface area contributed by atoms with E-state index in [0.29, 0.717) is 0 Å². The molecular weight excluding hydrogens is 548 g/mol. The summed E-state index contributed by atoms with van der Waals surface area (Å²) >= 11 is 0. The van der Waals surface area contributed by atoms with Crippen molar-refractivity contribution in [2.75, 3.05) is 0 Å². The van der Waals surface area contributed by atoms with Crippen LogP contribution in [0.1, 0.15) is 22.9 Å². The minimum Gasteiger partial charge on any atom is -0.344 e. The molecule has 8 aromatic rings. The molecule has 4 heteroatoms. The molecule has 0 spiro atoms. The Morgan fingerprint density at radius 3 is 1.96 bits per heavy atom. The van der Waals surface area contributed by atoms with Crippen LogP contribution in [0.15, 0.2) is 168 Å². The quantitative estimate of drug-likeness (QED) is 0.223. The van der Waals surface area contributed by atoms with Crippen LogP contribution in [0, 0.1) is 0 Å². The van der Waals surface area contributed by atoms with Gasteiger partial charge in [-0.25, -0.2) is 9.98 Å². The van der Waals surface area contributed by atoms with Crippen molar-refractivity contribution in [1.29, 1.82) is 0 Å². The number of nitrogens with one attached hydrogen (secondary N) is 1. The molecule has 0 aliphatic carbocycles. The van der Waals surface area contributed by atoms with Crippen LogP contribution in [0.2, 0.25) is 0 Å². The van der Waals surface area contributed by atoms with Gasteiger partial charge in [0, 0.05) is 27.3 Å². The Labute approximate surface area is 260 Å². The average Bonchev–Trinajstić information content (AvgIpc) is 3.43. The van der Waals surface area contributed by atoms with Crippen molar-refractivity contribution in [3.05, 3.63) is 174 Å². The van der Waals surface area contributed by atoms with Gasteiger partial charge in [0.15, 0.2) is 5.84 Å². The van der Waals surface area contributed by atoms with Crippen molar-refractivity contribution in [2.24, 2.45) is 9.98 Å². The van der Waals surface area contributed by atoms with E-state index in [1.54, 1.807) is 0 Å². The Morgan fingerprint density at radius 2 is 1.16 bits per heavy atom. The second kappa shape index (κ2) is 10.3. The van der Waals surface area contributed by atoms with Gasteiger partial charge in [0.1, 0.15) is 12.0 Å². The summed E-state index contributed by atoms with van der Waals surface area (Å²) in [5.41, 5.74) is 6.67. The molecule has 0 amide bonds. The first-order chi connectivity index (χ1) is 22.3. The molecule has 7 aromatic carbocycles. The molecule has 0 fully saturated rings. The fourth-order valence-electron chi connectivity index (χ4n) is 6.71. The minimum absolute atomic E-state index is 0.252. The molecule has 0 saturated carbocycles. The molecule has 0 saturated heterocycles. The number of nitrogens with zero attached hydrogens (tertiary/aromatic N) is 3. The molecule has 212 valence electrons. The van der Waals surface area contributed by atoms with Crippen LogP contribution in [0.4, 0.5) is 0 Å². The lowest BCUT2D eigenvalue weighted by Gasteiger charge is -2.25. The van der Waals surface area contributed by atoms with Gasteiger partial charge >= 0.3 is 0 Å². The van der Waals surface area contributed by atoms with E-state index >= 15 is 0 Å². The number of aromatic nitrogens is 1. The number of hydrogen-bond acceptors (Lipinski definition) is 3. The highest BCUT2D eigenvalue weighted by Crippen LogP contribution is 2.37. The fraction of sp³-hybridized carbons (Fsp3) is 0.0244. The minimum atomic E-state index is -0.252. The topological polar surface area (TPSA) is 41.7 Å². The molecule has 1 atom stereocenters. The zero-order valence-electron chi connectivity index (χ0n) is 24.4. The smallest absolute Gasteiger partial charge is 0.159 e. The monoisotopic (exact) mass is 576 g/mol. The zero-order chi connectivity index (χ0) is 29.7. The van der Waals surface area contributed by atoms with Crippen molar-refractivity contribution < 1.29 is 0 Å². The molecular formula is C41H28N4. The third kappa shape index (κ3) is 4.22. The SMILES string of the molecule is c1ccc(C2=NC(c3ccccc3)NC(c3ccc(-n4c5ccccc5c5cc6ccccc6cc54)c4ccccc34)=N2)cc1. The van der Waals surface area contributed by atoms with Crippen LogP contribution in [0.25, 0.3) is 49.0 Å². The number of amidine groups is 2. The Hall–Kier alpha value is -6.00. The van der Waals surface area contributed by atoms with E-state index in [1.165, 1.54) is 32.6 Å². The molecule has 1 unspecified atom stereocenters. The van der Waals surface area contributed by atoms with Crippen LogP contribution in [0.3, 0.4) is 0 Å². The van der Waals surface area contributed by atoms with Crippen LogP contribution in [0.5, 0.6) is 0 Å². The van der Waals surface area contributed by atoms with Crippen molar-refractivity contribution in [2.45, 2.75) is 6.17 Å². The highest BCUT2D eigenvalue weighted by atomic mass is 15.2. The standard InChI is InChI=1S/C41H28N4/c1-3-13-27(14-4-1)39-42-40(28-15-5-2-6-16-28)44-41(43-39)34-23-24-37(32-20-10-9-19-31(32)34)45-36-22-12-11-21-33(36)35-25-29-17-7-8-18-30(29)26-38(35)45/h1-26,39H,(H,42,43,44). The zero-order valence-corrected chi connectivity index (χ0v) is 24.4. The highest BCUT2D eigenvalue weighted by molar-refractivity contribution is 6.19. The van der Waals surface area contributed by atoms with Gasteiger partial charge in [0.25, 0.3) is 0 Å². The number of para-hydroxylation sites is 1. The van der Waals surface area contributed by atoms with Gasteiger partial charge in [0.2, 0.25) is 0 Å². The Balaban J connectivity index is 1.27. The van der Waals surface area contributed by atoms with Crippen LogP contribution < -0.4 is 5.32 Å². The Bertz CT molecular complexity index is 2450. The summed E-state index contributed by atoms with van der Waals surface area (Å²) in [6, 6.07) is 55.7. The van der Waals surface area contributed by atoms with Gasteiger partial charge in [-0.1, -0.05) is 127 Å². The van der Waals surface area contributed by atoms with E-state index in [0.717, 1.165) is 44.8 Å². The van der Waals surface area contributed by atoms with E-state index in [-0.39, 0.29) is 6.17 Å². The fourth-order valence-corrected chi connectivity index (χ4v) is 6.71. The molecule has 2 heterocycles. The van der Waals surface area contributed by atoms with Crippen molar-refractivity contribution in [1.82, 2.24) is 9.88 Å². The lowest BCUT2D eigenvalue weighted by Crippen LogP contribution is -2.33. The number of hydrogen-bond donors (Lipinski definition) is 1. The molecule has 45 heavy (non-hydrogen) atoms. The second-order valence-corrected chi connectivity index (χ2v) is 11.5. The van der Waals surface area contributed by atoms with Crippen LogP contribution in [-0.2, 0) is 0 Å². The summed E-state index contributed by atoms with van der Waals surface area (Å²) in [5, 5.41) is 10.9. The van der Waals surface area contributed by atoms with E-state index < -0.39 is 0 Å². The third-order valence-corrected chi connectivity index (χ3v) is 8.83. The molecule has 1 aliphatic rings. The van der Waals surface area contributed by atoms with Crippen molar-refractivity contribution >= 4 is 55.0 Å². The molecule has 0 radical (unpaired) electrons. The maximum Gasteiger partial charge on any atom is 0.159 e. The molecule has 1 aliphatic heterocycles. The van der Waals surface area contributed by atoms with Gasteiger partial charge in [-0.05, 0) is 52.1 Å². The van der Waals surface area contributed by atoms with E-state index in [2.05, 4.69) is 143 Å². The van der Waals surface area contributed by atoms with Gasteiger partial charge in [0.05, 0.1) is 16.7 Å². The van der Waals surface area contributed by atoms with Crippen LogP contribution in [-0.4, -0.2) is 16.2 Å². The first-order valence-electron chi connectivity index (χ1n) is 15.3. The van der Waals surface area contributed by atoms with Gasteiger partial charge in [-0.15, -0.1) is 0 Å². The van der Waals surface area contributed by atoms with Crippen molar-refractivity contribution in [3.8, 4) is 5.69 Å². The van der Waals surface area contributed by atoms with E-state index in [9.17, 15) is 0 Å². The van der Waals surface area contributed by atoms with Gasteiger partial charge < -0.3 is 9.88 Å². The highest BCUT2D eigenvalue weighted by Gasteiger charge is 2.23. The molecule has 1 aromatic heterocycles. The summed E-state index contributed by atoms with van der Waals surface area (Å²) in [6.45, 7) is 0. The summed E-state index contributed by atoms with van der Waals surface area (Å²) < 4.78 is 2.42. The summed E-state index contributed by atoms with van der Waals surface area (Å²) in [4.78, 5) is 10.2. The second-order valence-electron chi connectivity index (χ2n) is 11.5. The summed E-state index contributed by atoms with van der Waals surface area (Å²) in [5.74, 6) is 1.54. The Morgan fingerprint density at radius 1 is 0.511 bits per heavy atom. The molecule has 0 bridgehead atoms. The normalized spacial score (nSPS) is 14.9. The largest absolute Gasteiger partial charge is 0.344 e. The predicted octanol–water partition coefficient (Wildman–Crippen LogP) is 9.59. The molecule has 4 nitrogen and oxygen atoms in total. The number of fused-ring (bicyclic) bond motifs is 5. The number of rotatable bonds is 4. The number of aliphatic imine (C=N–C) groups is 2. The summed E-state index contributed by atoms with van der Waals surface area (Å²) in [6.07, 6.45) is -0.252. The van der Waals surface area contributed by atoms with E-state index in [4.69, 9.17) is 9.98 Å². The first kappa shape index (κ1) is 25.5. The predicted molar refractivity (Wildman–Crippen MR) is 188 cm³/mol. The lowest BCUT2D eigenvalue weighted by atomic mass is 10.0. The summed E-state index contributed by atoms with van der Waals surface area (Å²) in [7, 11) is 0. The van der Waals surface area contributed by atoms with Crippen LogP contribution >= 0.6 is 0 Å². The molecule has 9 rings (SSSR count). The Kier molecular flexibility index (Phi) is 5.85. The van der Waals surface area contributed by atoms with Crippen molar-refractivity contribution in [3.63, 3.8) is 0 Å².